The van der Waals surface area contributed by atoms with Crippen molar-refractivity contribution in [2.24, 2.45) is 0 Å². The van der Waals surface area contributed by atoms with E-state index in [0.717, 1.165) is 5.56 Å². The third-order valence-electron chi connectivity index (χ3n) is 5.09. The van der Waals surface area contributed by atoms with Crippen LogP contribution in [0.4, 0.5) is 0 Å². The Morgan fingerprint density at radius 1 is 0.938 bits per heavy atom. The van der Waals surface area contributed by atoms with Gasteiger partial charge in [-0.2, -0.15) is 5.10 Å². The zero-order valence-corrected chi connectivity index (χ0v) is 17.9. The number of hydrogen-bond donors (Lipinski definition) is 2. The van der Waals surface area contributed by atoms with E-state index in [1.54, 1.807) is 31.4 Å². The molecule has 0 unspecified atom stereocenters. The second-order valence-corrected chi connectivity index (χ2v) is 6.77. The maximum atomic E-state index is 12.2. The minimum absolute atomic E-state index is 0.0495. The van der Waals surface area contributed by atoms with Crippen molar-refractivity contribution in [1.82, 2.24) is 15.2 Å². The van der Waals surface area contributed by atoms with Gasteiger partial charge < -0.3 is 24.1 Å². The molecule has 0 spiro atoms. The number of nitrogens with zero attached hydrogens (tertiary/aromatic N) is 2. The number of rotatable bonds is 7. The van der Waals surface area contributed by atoms with E-state index in [1.165, 1.54) is 27.4 Å². The minimum Gasteiger partial charge on any atom is -0.497 e. The number of hydrogen-bond acceptors (Lipinski definition) is 7. The predicted octanol–water partition coefficient (Wildman–Crippen LogP) is 4.02. The molecule has 0 atom stereocenters. The number of ether oxygens (including phenoxy) is 4. The first-order valence-electron chi connectivity index (χ1n) is 9.58. The lowest BCUT2D eigenvalue weighted by Crippen LogP contribution is -2.02. The average Bonchev–Trinajstić information content (AvgIpc) is 3.26. The highest BCUT2D eigenvalue weighted by molar-refractivity contribution is 6.08. The predicted molar refractivity (Wildman–Crippen MR) is 118 cm³/mol. The Kier molecular flexibility index (Phi) is 5.55. The summed E-state index contributed by atoms with van der Waals surface area (Å²) in [6, 6.07) is 12.2. The van der Waals surface area contributed by atoms with Crippen LogP contribution in [0, 0.1) is 0 Å². The van der Waals surface area contributed by atoms with Gasteiger partial charge in [-0.15, -0.1) is 0 Å². The van der Waals surface area contributed by atoms with Crippen LogP contribution in [0.25, 0.3) is 33.5 Å². The summed E-state index contributed by atoms with van der Waals surface area (Å²) < 4.78 is 21.6. The molecular formula is C23H21N3O6. The second kappa shape index (κ2) is 8.46. The molecule has 0 amide bonds. The smallest absolute Gasteiger partial charge is 0.336 e. The highest BCUT2D eigenvalue weighted by Gasteiger charge is 2.23. The number of carboxylic acid groups (broad SMARTS) is 1. The summed E-state index contributed by atoms with van der Waals surface area (Å²) in [7, 11) is 6.08. The standard InChI is InChI=1S/C23H21N3O6/c1-29-13-7-5-6-12(10-13)19-18-15(23(27)28)11-16(24-22(18)26-25-19)14-8-9-17(30-2)21(32-4)20(14)31-3/h5-11H,1-4H3,(H,27,28)(H,24,25,26). The molecule has 0 bridgehead atoms. The number of carbonyl (C=O) groups is 1. The van der Waals surface area contributed by atoms with Crippen LogP contribution in [-0.4, -0.2) is 54.7 Å². The Morgan fingerprint density at radius 3 is 2.38 bits per heavy atom. The SMILES string of the molecule is COc1cccc(-c2[nH]nc3nc(-c4ccc(OC)c(OC)c4OC)cc(C(=O)O)c23)c1. The molecule has 0 fully saturated rings. The molecule has 4 aromatic rings. The summed E-state index contributed by atoms with van der Waals surface area (Å²) in [5, 5.41) is 17.6. The Morgan fingerprint density at radius 2 is 1.72 bits per heavy atom. The van der Waals surface area contributed by atoms with Gasteiger partial charge in [-0.25, -0.2) is 9.78 Å². The molecule has 9 nitrogen and oxygen atoms in total. The molecule has 0 saturated heterocycles. The first-order chi connectivity index (χ1) is 15.5. The molecular weight excluding hydrogens is 414 g/mol. The molecule has 2 aromatic heterocycles. The highest BCUT2D eigenvalue weighted by Crippen LogP contribution is 2.44. The van der Waals surface area contributed by atoms with E-state index in [9.17, 15) is 9.90 Å². The van der Waals surface area contributed by atoms with Gasteiger partial charge in [0.2, 0.25) is 5.75 Å². The van der Waals surface area contributed by atoms with E-state index in [4.69, 9.17) is 18.9 Å². The van der Waals surface area contributed by atoms with E-state index < -0.39 is 5.97 Å². The van der Waals surface area contributed by atoms with Gasteiger partial charge in [0.05, 0.1) is 50.8 Å². The van der Waals surface area contributed by atoms with Gasteiger partial charge in [-0.3, -0.25) is 5.10 Å². The molecule has 4 rings (SSSR count). The number of nitrogens with one attached hydrogen (secondary N) is 1. The Hall–Kier alpha value is -4.27. The number of benzene rings is 2. The summed E-state index contributed by atoms with van der Waals surface area (Å²) in [4.78, 5) is 16.8. The third-order valence-corrected chi connectivity index (χ3v) is 5.09. The molecule has 2 heterocycles. The van der Waals surface area contributed by atoms with Crippen LogP contribution in [0.1, 0.15) is 10.4 Å². The maximum Gasteiger partial charge on any atom is 0.336 e. The van der Waals surface area contributed by atoms with Crippen LogP contribution in [0.2, 0.25) is 0 Å². The van der Waals surface area contributed by atoms with Gasteiger partial charge >= 0.3 is 5.97 Å². The molecule has 9 heteroatoms. The van der Waals surface area contributed by atoms with Crippen molar-refractivity contribution in [3.63, 3.8) is 0 Å². The average molecular weight is 435 g/mol. The van der Waals surface area contributed by atoms with Crippen LogP contribution in [-0.2, 0) is 0 Å². The summed E-state index contributed by atoms with van der Waals surface area (Å²) >= 11 is 0. The first-order valence-corrected chi connectivity index (χ1v) is 9.58. The molecule has 32 heavy (non-hydrogen) atoms. The van der Waals surface area contributed by atoms with Crippen molar-refractivity contribution in [2.45, 2.75) is 0 Å². The number of methoxy groups -OCH3 is 4. The van der Waals surface area contributed by atoms with Gasteiger partial charge in [-0.1, -0.05) is 12.1 Å². The number of pyridine rings is 1. The first kappa shape index (κ1) is 21.0. The molecule has 0 aliphatic heterocycles. The van der Waals surface area contributed by atoms with Gasteiger partial charge in [0.25, 0.3) is 0 Å². The van der Waals surface area contributed by atoms with Crippen molar-refractivity contribution in [1.29, 1.82) is 0 Å². The summed E-state index contributed by atoms with van der Waals surface area (Å²) in [6.07, 6.45) is 0. The fraction of sp³-hybridized carbons (Fsp3) is 0.174. The molecule has 0 aliphatic carbocycles. The van der Waals surface area contributed by atoms with E-state index in [-0.39, 0.29) is 11.2 Å². The number of fused-ring (bicyclic) bond motifs is 1. The number of aromatic carboxylic acids is 1. The van der Waals surface area contributed by atoms with Gasteiger partial charge in [-0.05, 0) is 30.3 Å². The number of H-pyrrole nitrogens is 1. The lowest BCUT2D eigenvalue weighted by atomic mass is 10.0. The molecule has 0 aliphatic rings. The van der Waals surface area contributed by atoms with Crippen LogP contribution in [0.3, 0.4) is 0 Å². The van der Waals surface area contributed by atoms with Crippen molar-refractivity contribution >= 4 is 17.0 Å². The largest absolute Gasteiger partial charge is 0.497 e. The summed E-state index contributed by atoms with van der Waals surface area (Å²) in [6.45, 7) is 0. The summed E-state index contributed by atoms with van der Waals surface area (Å²) in [5.41, 5.74) is 2.49. The minimum atomic E-state index is -1.11. The zero-order chi connectivity index (χ0) is 22.8. The monoisotopic (exact) mass is 435 g/mol. The van der Waals surface area contributed by atoms with E-state index in [2.05, 4.69) is 15.2 Å². The summed E-state index contributed by atoms with van der Waals surface area (Å²) in [5.74, 6) is 0.766. The quantitative estimate of drug-likeness (QED) is 0.447. The lowest BCUT2D eigenvalue weighted by molar-refractivity contribution is 0.0699. The third kappa shape index (κ3) is 3.43. The van der Waals surface area contributed by atoms with Crippen molar-refractivity contribution in [3.8, 4) is 45.5 Å². The highest BCUT2D eigenvalue weighted by atomic mass is 16.5. The van der Waals surface area contributed by atoms with Crippen molar-refractivity contribution in [2.75, 3.05) is 28.4 Å². The van der Waals surface area contributed by atoms with Crippen molar-refractivity contribution in [3.05, 3.63) is 48.0 Å². The number of aromatic amines is 1. The fourth-order valence-corrected chi connectivity index (χ4v) is 3.62. The number of aromatic nitrogens is 3. The normalized spacial score (nSPS) is 10.8. The van der Waals surface area contributed by atoms with Crippen LogP contribution >= 0.6 is 0 Å². The Balaban J connectivity index is 1.96. The molecule has 164 valence electrons. The van der Waals surface area contributed by atoms with Crippen LogP contribution in [0.5, 0.6) is 23.0 Å². The van der Waals surface area contributed by atoms with Crippen LogP contribution < -0.4 is 18.9 Å². The zero-order valence-electron chi connectivity index (χ0n) is 17.9. The second-order valence-electron chi connectivity index (χ2n) is 6.77. The molecule has 0 saturated carbocycles. The van der Waals surface area contributed by atoms with E-state index >= 15 is 0 Å². The molecule has 0 radical (unpaired) electrons. The van der Waals surface area contributed by atoms with Crippen molar-refractivity contribution < 1.29 is 28.8 Å². The van der Waals surface area contributed by atoms with Gasteiger partial charge in [0.15, 0.2) is 17.1 Å². The lowest BCUT2D eigenvalue weighted by Gasteiger charge is -2.15. The van der Waals surface area contributed by atoms with Crippen LogP contribution in [0.15, 0.2) is 42.5 Å². The molecule has 2 aromatic carbocycles. The Bertz CT molecular complexity index is 1310. The van der Waals surface area contributed by atoms with E-state index in [0.29, 0.717) is 45.3 Å². The number of carboxylic acids is 1. The maximum absolute atomic E-state index is 12.2. The van der Waals surface area contributed by atoms with Gasteiger partial charge in [0.1, 0.15) is 5.75 Å². The molecule has 2 N–H and O–H groups in total. The fourth-order valence-electron chi connectivity index (χ4n) is 3.62. The Labute approximate surface area is 183 Å². The topological polar surface area (TPSA) is 116 Å². The van der Waals surface area contributed by atoms with E-state index in [1.807, 2.05) is 12.1 Å². The van der Waals surface area contributed by atoms with Gasteiger partial charge in [0, 0.05) is 11.1 Å².